The Morgan fingerprint density at radius 2 is 2.11 bits per heavy atom. The van der Waals surface area contributed by atoms with Gasteiger partial charge in [-0.3, -0.25) is 10.1 Å². The van der Waals surface area contributed by atoms with Crippen LogP contribution in [0.15, 0.2) is 16.5 Å². The standard InChI is InChI=1S/C13H13NO5/c1-4-18-13(15)12-8(3)19-10-6-9(14(16)17)5-7(2)11(10)12/h5-6H,4H2,1-3H3. The van der Waals surface area contributed by atoms with Crippen molar-refractivity contribution in [2.75, 3.05) is 6.61 Å². The average Bonchev–Trinajstić information content (AvgIpc) is 2.66. The Morgan fingerprint density at radius 3 is 2.68 bits per heavy atom. The number of benzene rings is 1. The summed E-state index contributed by atoms with van der Waals surface area (Å²) in [6.45, 7) is 5.31. The van der Waals surface area contributed by atoms with Gasteiger partial charge in [-0.25, -0.2) is 4.79 Å². The summed E-state index contributed by atoms with van der Waals surface area (Å²) in [4.78, 5) is 22.2. The van der Waals surface area contributed by atoms with Gasteiger partial charge in [-0.05, 0) is 26.3 Å². The third kappa shape index (κ3) is 2.16. The van der Waals surface area contributed by atoms with Crippen LogP contribution in [-0.4, -0.2) is 17.5 Å². The Labute approximate surface area is 109 Å². The summed E-state index contributed by atoms with van der Waals surface area (Å²) in [7, 11) is 0. The zero-order valence-corrected chi connectivity index (χ0v) is 10.9. The number of rotatable bonds is 3. The molecule has 0 amide bonds. The zero-order chi connectivity index (χ0) is 14.2. The first kappa shape index (κ1) is 13.1. The summed E-state index contributed by atoms with van der Waals surface area (Å²) in [5.41, 5.74) is 1.22. The molecule has 0 fully saturated rings. The third-order valence-electron chi connectivity index (χ3n) is 2.84. The van der Waals surface area contributed by atoms with Crippen LogP contribution in [0.3, 0.4) is 0 Å². The number of nitrogens with zero attached hydrogens (tertiary/aromatic N) is 1. The molecule has 2 rings (SSSR count). The predicted molar refractivity (Wildman–Crippen MR) is 68.3 cm³/mol. The second kappa shape index (κ2) is 4.72. The van der Waals surface area contributed by atoms with Gasteiger partial charge in [-0.1, -0.05) is 0 Å². The summed E-state index contributed by atoms with van der Waals surface area (Å²) < 4.78 is 10.4. The molecule has 2 aromatic rings. The van der Waals surface area contributed by atoms with Crippen LogP contribution >= 0.6 is 0 Å². The van der Waals surface area contributed by atoms with E-state index >= 15 is 0 Å². The largest absolute Gasteiger partial charge is 0.462 e. The lowest BCUT2D eigenvalue weighted by Crippen LogP contribution is -2.05. The lowest BCUT2D eigenvalue weighted by Gasteiger charge is -2.02. The lowest BCUT2D eigenvalue weighted by molar-refractivity contribution is -0.384. The van der Waals surface area contributed by atoms with Crippen LogP contribution in [0.2, 0.25) is 0 Å². The quantitative estimate of drug-likeness (QED) is 0.482. The highest BCUT2D eigenvalue weighted by Gasteiger charge is 2.23. The van der Waals surface area contributed by atoms with Crippen LogP contribution in [0.1, 0.15) is 28.6 Å². The van der Waals surface area contributed by atoms with Crippen molar-refractivity contribution in [2.45, 2.75) is 20.8 Å². The molecule has 0 aliphatic rings. The third-order valence-corrected chi connectivity index (χ3v) is 2.84. The first-order valence-electron chi connectivity index (χ1n) is 5.81. The molecule has 0 bridgehead atoms. The monoisotopic (exact) mass is 263 g/mol. The number of ether oxygens (including phenoxy) is 1. The number of fused-ring (bicyclic) bond motifs is 1. The molecule has 1 heterocycles. The summed E-state index contributed by atoms with van der Waals surface area (Å²) in [6, 6.07) is 2.73. The van der Waals surface area contributed by atoms with E-state index < -0.39 is 10.9 Å². The number of furan rings is 1. The molecule has 0 radical (unpaired) electrons. The number of carbonyl (C=O) groups excluding carboxylic acids is 1. The number of nitro groups is 1. The molecule has 6 heteroatoms. The molecule has 1 aromatic heterocycles. The molecule has 1 aromatic carbocycles. The van der Waals surface area contributed by atoms with Crippen molar-refractivity contribution in [3.05, 3.63) is 39.1 Å². The van der Waals surface area contributed by atoms with E-state index in [4.69, 9.17) is 9.15 Å². The number of hydrogen-bond acceptors (Lipinski definition) is 5. The van der Waals surface area contributed by atoms with Crippen molar-refractivity contribution >= 4 is 22.6 Å². The average molecular weight is 263 g/mol. The lowest BCUT2D eigenvalue weighted by atomic mass is 10.1. The molecule has 0 saturated heterocycles. The fourth-order valence-electron chi connectivity index (χ4n) is 2.08. The number of nitro benzene ring substituents is 1. The van der Waals surface area contributed by atoms with E-state index in [0.29, 0.717) is 27.9 Å². The van der Waals surface area contributed by atoms with Gasteiger partial charge in [0.15, 0.2) is 0 Å². The fourth-order valence-corrected chi connectivity index (χ4v) is 2.08. The van der Waals surface area contributed by atoms with Crippen LogP contribution in [0.5, 0.6) is 0 Å². The van der Waals surface area contributed by atoms with Crippen LogP contribution in [0.25, 0.3) is 11.0 Å². The van der Waals surface area contributed by atoms with Crippen molar-refractivity contribution in [3.8, 4) is 0 Å². The van der Waals surface area contributed by atoms with E-state index in [1.807, 2.05) is 0 Å². The molecule has 0 aliphatic heterocycles. The molecule has 6 nitrogen and oxygen atoms in total. The van der Waals surface area contributed by atoms with Crippen LogP contribution in [0, 0.1) is 24.0 Å². The van der Waals surface area contributed by atoms with Gasteiger partial charge in [-0.2, -0.15) is 0 Å². The maximum atomic E-state index is 11.9. The minimum Gasteiger partial charge on any atom is -0.462 e. The summed E-state index contributed by atoms with van der Waals surface area (Å²) in [6.07, 6.45) is 0. The predicted octanol–water partition coefficient (Wildman–Crippen LogP) is 3.13. The molecular weight excluding hydrogens is 250 g/mol. The Kier molecular flexibility index (Phi) is 3.25. The van der Waals surface area contributed by atoms with Crippen molar-refractivity contribution in [1.82, 2.24) is 0 Å². The van der Waals surface area contributed by atoms with Crippen molar-refractivity contribution in [2.24, 2.45) is 0 Å². The van der Waals surface area contributed by atoms with E-state index in [9.17, 15) is 14.9 Å². The first-order valence-corrected chi connectivity index (χ1v) is 5.81. The molecular formula is C13H13NO5. The van der Waals surface area contributed by atoms with Crippen LogP contribution in [0.4, 0.5) is 5.69 Å². The highest BCUT2D eigenvalue weighted by Crippen LogP contribution is 2.32. The minimum absolute atomic E-state index is 0.0610. The van der Waals surface area contributed by atoms with Crippen LogP contribution < -0.4 is 0 Å². The molecule has 100 valence electrons. The summed E-state index contributed by atoms with van der Waals surface area (Å²) in [5, 5.41) is 11.4. The molecule has 0 atom stereocenters. The van der Waals surface area contributed by atoms with Crippen LogP contribution in [-0.2, 0) is 4.74 Å². The maximum Gasteiger partial charge on any atom is 0.342 e. The van der Waals surface area contributed by atoms with Gasteiger partial charge in [0.05, 0.1) is 17.6 Å². The van der Waals surface area contributed by atoms with E-state index in [-0.39, 0.29) is 12.3 Å². The number of aryl methyl sites for hydroxylation is 2. The fraction of sp³-hybridized carbons (Fsp3) is 0.308. The molecule has 0 spiro atoms. The van der Waals surface area contributed by atoms with Gasteiger partial charge in [0.2, 0.25) is 0 Å². The smallest absolute Gasteiger partial charge is 0.342 e. The topological polar surface area (TPSA) is 82.6 Å². The van der Waals surface area contributed by atoms with Gasteiger partial charge < -0.3 is 9.15 Å². The molecule has 0 aliphatic carbocycles. The Balaban J connectivity index is 2.70. The number of non-ortho nitro benzene ring substituents is 1. The van der Waals surface area contributed by atoms with Gasteiger partial charge in [0, 0.05) is 11.5 Å². The number of esters is 1. The van der Waals surface area contributed by atoms with Gasteiger partial charge in [0.1, 0.15) is 16.9 Å². The SMILES string of the molecule is CCOC(=O)c1c(C)oc2cc([N+](=O)[O-])cc(C)c12. The highest BCUT2D eigenvalue weighted by molar-refractivity contribution is 6.06. The van der Waals surface area contributed by atoms with Crippen molar-refractivity contribution in [3.63, 3.8) is 0 Å². The van der Waals surface area contributed by atoms with E-state index in [0.717, 1.165) is 0 Å². The second-order valence-corrected chi connectivity index (χ2v) is 4.15. The van der Waals surface area contributed by atoms with E-state index in [1.165, 1.54) is 12.1 Å². The van der Waals surface area contributed by atoms with E-state index in [1.54, 1.807) is 20.8 Å². The first-order chi connectivity index (χ1) is 8.95. The summed E-state index contributed by atoms with van der Waals surface area (Å²) >= 11 is 0. The normalized spacial score (nSPS) is 10.7. The highest BCUT2D eigenvalue weighted by atomic mass is 16.6. The van der Waals surface area contributed by atoms with Gasteiger partial charge >= 0.3 is 5.97 Å². The maximum absolute atomic E-state index is 11.9. The number of carbonyl (C=O) groups is 1. The molecule has 0 N–H and O–H groups in total. The molecule has 0 unspecified atom stereocenters. The molecule has 0 saturated carbocycles. The van der Waals surface area contributed by atoms with Crippen molar-refractivity contribution in [1.29, 1.82) is 0 Å². The Bertz CT molecular complexity index is 671. The second-order valence-electron chi connectivity index (χ2n) is 4.15. The number of hydrogen-bond donors (Lipinski definition) is 0. The van der Waals surface area contributed by atoms with E-state index in [2.05, 4.69) is 0 Å². The van der Waals surface area contributed by atoms with Gasteiger partial charge in [0.25, 0.3) is 5.69 Å². The minimum atomic E-state index is -0.492. The van der Waals surface area contributed by atoms with Gasteiger partial charge in [-0.15, -0.1) is 0 Å². The zero-order valence-electron chi connectivity index (χ0n) is 10.9. The molecule has 19 heavy (non-hydrogen) atoms. The Hall–Kier alpha value is -2.37. The van der Waals surface area contributed by atoms with Crippen molar-refractivity contribution < 1.29 is 18.9 Å². The summed E-state index contributed by atoms with van der Waals surface area (Å²) in [5.74, 6) is -0.0762. The Morgan fingerprint density at radius 1 is 1.42 bits per heavy atom.